The van der Waals surface area contributed by atoms with Crippen molar-refractivity contribution in [2.24, 2.45) is 0 Å². The first-order valence-electron chi connectivity index (χ1n) is 4.14. The van der Waals surface area contributed by atoms with Gasteiger partial charge in [-0.05, 0) is 29.9 Å². The lowest BCUT2D eigenvalue weighted by molar-refractivity contribution is -0.120. The van der Waals surface area contributed by atoms with Gasteiger partial charge in [0.15, 0.2) is 5.11 Å². The molecular formula is C9H6BrClN2OS. The zero-order valence-corrected chi connectivity index (χ0v) is 10.5. The molecule has 0 aromatic heterocycles. The van der Waals surface area contributed by atoms with Crippen molar-refractivity contribution >= 4 is 50.8 Å². The van der Waals surface area contributed by atoms with Crippen LogP contribution in [0, 0.1) is 0 Å². The molecule has 1 aromatic rings. The molecule has 0 saturated carbocycles. The number of carbonyl (C=O) groups is 1. The van der Waals surface area contributed by atoms with Gasteiger partial charge in [-0.25, -0.2) is 0 Å². The van der Waals surface area contributed by atoms with Crippen molar-refractivity contribution < 1.29 is 4.79 Å². The third-order valence-corrected chi connectivity index (χ3v) is 3.19. The van der Waals surface area contributed by atoms with Crippen LogP contribution < -0.4 is 10.6 Å². The maximum Gasteiger partial charge on any atom is 0.253 e. The first-order chi connectivity index (χ1) is 7.08. The molecule has 0 bridgehead atoms. The van der Waals surface area contributed by atoms with Crippen molar-refractivity contribution in [3.63, 3.8) is 0 Å². The number of nitrogens with one attached hydrogen (secondary N) is 2. The first kappa shape index (κ1) is 10.9. The van der Waals surface area contributed by atoms with E-state index in [0.717, 1.165) is 10.0 Å². The largest absolute Gasteiger partial charge is 0.347 e. The van der Waals surface area contributed by atoms with E-state index in [-0.39, 0.29) is 5.91 Å². The van der Waals surface area contributed by atoms with E-state index in [1.165, 1.54) is 0 Å². The van der Waals surface area contributed by atoms with Gasteiger partial charge in [0.1, 0.15) is 6.04 Å². The minimum Gasteiger partial charge on any atom is -0.347 e. The quantitative estimate of drug-likeness (QED) is 0.781. The Bertz CT molecular complexity index is 452. The summed E-state index contributed by atoms with van der Waals surface area (Å²) in [6.45, 7) is 0. The Labute approximate surface area is 105 Å². The summed E-state index contributed by atoms with van der Waals surface area (Å²) in [5.41, 5.74) is 0.816. The standard InChI is InChI=1S/C9H6BrClN2OS/c10-6-3-4(11)1-2-5(6)7-8(14)13-9(15)12-7/h1-3,7H,(H2,12,13,14,15). The number of carbonyl (C=O) groups excluding carboxylic acids is 1. The summed E-state index contributed by atoms with van der Waals surface area (Å²) < 4.78 is 0.785. The highest BCUT2D eigenvalue weighted by atomic mass is 79.9. The zero-order chi connectivity index (χ0) is 11.0. The summed E-state index contributed by atoms with van der Waals surface area (Å²) in [6.07, 6.45) is 0. The van der Waals surface area contributed by atoms with Crippen LogP contribution in [0.15, 0.2) is 22.7 Å². The van der Waals surface area contributed by atoms with Crippen LogP contribution >= 0.6 is 39.7 Å². The second-order valence-electron chi connectivity index (χ2n) is 3.06. The lowest BCUT2D eigenvalue weighted by Crippen LogP contribution is -2.21. The smallest absolute Gasteiger partial charge is 0.253 e. The summed E-state index contributed by atoms with van der Waals surface area (Å²) in [7, 11) is 0. The average molecular weight is 306 g/mol. The van der Waals surface area contributed by atoms with Gasteiger partial charge < -0.3 is 10.6 Å². The predicted molar refractivity (Wildman–Crippen MR) is 65.8 cm³/mol. The van der Waals surface area contributed by atoms with Crippen LogP contribution in [-0.4, -0.2) is 11.0 Å². The van der Waals surface area contributed by atoms with Gasteiger partial charge in [-0.15, -0.1) is 0 Å². The second kappa shape index (κ2) is 4.08. The number of hydrogen-bond donors (Lipinski definition) is 2. The Morgan fingerprint density at radius 2 is 2.20 bits per heavy atom. The third-order valence-electron chi connectivity index (χ3n) is 2.05. The lowest BCUT2D eigenvalue weighted by Gasteiger charge is -2.10. The number of halogens is 2. The fraction of sp³-hybridized carbons (Fsp3) is 0.111. The predicted octanol–water partition coefficient (Wildman–Crippen LogP) is 2.15. The van der Waals surface area contributed by atoms with E-state index in [0.29, 0.717) is 10.1 Å². The van der Waals surface area contributed by atoms with Crippen LogP contribution in [0.1, 0.15) is 11.6 Å². The Kier molecular flexibility index (Phi) is 2.95. The van der Waals surface area contributed by atoms with Crippen molar-refractivity contribution in [3.05, 3.63) is 33.3 Å². The monoisotopic (exact) mass is 304 g/mol. The molecular weight excluding hydrogens is 300 g/mol. The highest BCUT2D eigenvalue weighted by Crippen LogP contribution is 2.28. The second-order valence-corrected chi connectivity index (χ2v) is 4.76. The van der Waals surface area contributed by atoms with E-state index in [1.807, 2.05) is 0 Å². The molecule has 0 radical (unpaired) electrons. The molecule has 1 amide bonds. The average Bonchev–Trinajstić information content (AvgIpc) is 2.45. The van der Waals surface area contributed by atoms with Gasteiger partial charge in [0.25, 0.3) is 5.91 Å². The van der Waals surface area contributed by atoms with Gasteiger partial charge in [-0.3, -0.25) is 4.79 Å². The summed E-state index contributed by atoms with van der Waals surface area (Å²) in [6, 6.07) is 4.83. The summed E-state index contributed by atoms with van der Waals surface area (Å²) in [4.78, 5) is 11.5. The summed E-state index contributed by atoms with van der Waals surface area (Å²) >= 11 is 14.0. The first-order valence-corrected chi connectivity index (χ1v) is 5.72. The van der Waals surface area contributed by atoms with E-state index in [4.69, 9.17) is 23.8 Å². The molecule has 0 spiro atoms. The Balaban J connectivity index is 2.38. The molecule has 6 heteroatoms. The highest BCUT2D eigenvalue weighted by Gasteiger charge is 2.29. The Morgan fingerprint density at radius 3 is 2.73 bits per heavy atom. The molecule has 2 rings (SSSR count). The van der Waals surface area contributed by atoms with Gasteiger partial charge in [0.05, 0.1) is 0 Å². The topological polar surface area (TPSA) is 41.1 Å². The molecule has 1 saturated heterocycles. The van der Waals surface area contributed by atoms with E-state index in [2.05, 4.69) is 26.6 Å². The molecule has 1 heterocycles. The van der Waals surface area contributed by atoms with Crippen LogP contribution in [0.25, 0.3) is 0 Å². The van der Waals surface area contributed by atoms with E-state index in [1.54, 1.807) is 18.2 Å². The maximum absolute atomic E-state index is 11.5. The highest BCUT2D eigenvalue weighted by molar-refractivity contribution is 9.10. The summed E-state index contributed by atoms with van der Waals surface area (Å²) in [5.74, 6) is -0.150. The molecule has 2 N–H and O–H groups in total. The molecule has 1 unspecified atom stereocenters. The van der Waals surface area contributed by atoms with E-state index in [9.17, 15) is 4.79 Å². The third kappa shape index (κ3) is 2.14. The molecule has 0 aliphatic carbocycles. The maximum atomic E-state index is 11.5. The molecule has 78 valence electrons. The Morgan fingerprint density at radius 1 is 1.47 bits per heavy atom. The van der Waals surface area contributed by atoms with Crippen LogP contribution in [0.4, 0.5) is 0 Å². The van der Waals surface area contributed by atoms with Gasteiger partial charge in [0, 0.05) is 9.50 Å². The molecule has 3 nitrogen and oxygen atoms in total. The molecule has 1 fully saturated rings. The van der Waals surface area contributed by atoms with Gasteiger partial charge in [0.2, 0.25) is 0 Å². The molecule has 15 heavy (non-hydrogen) atoms. The number of rotatable bonds is 1. The van der Waals surface area contributed by atoms with Crippen LogP contribution in [0.3, 0.4) is 0 Å². The molecule has 1 aromatic carbocycles. The molecule has 1 aliphatic rings. The van der Waals surface area contributed by atoms with Gasteiger partial charge in [-0.2, -0.15) is 0 Å². The number of benzene rings is 1. The summed E-state index contributed by atoms with van der Waals surface area (Å²) in [5, 5.41) is 6.38. The number of hydrogen-bond acceptors (Lipinski definition) is 2. The molecule has 1 aliphatic heterocycles. The van der Waals surface area contributed by atoms with Crippen molar-refractivity contribution in [3.8, 4) is 0 Å². The fourth-order valence-electron chi connectivity index (χ4n) is 1.37. The SMILES string of the molecule is O=C1NC(=S)NC1c1ccc(Cl)cc1Br. The van der Waals surface area contributed by atoms with Crippen LogP contribution in [-0.2, 0) is 4.79 Å². The van der Waals surface area contributed by atoms with Crippen molar-refractivity contribution in [2.75, 3.05) is 0 Å². The van der Waals surface area contributed by atoms with E-state index >= 15 is 0 Å². The molecule has 1 atom stereocenters. The lowest BCUT2D eigenvalue weighted by atomic mass is 10.1. The Hall–Kier alpha value is -0.650. The fourth-order valence-corrected chi connectivity index (χ4v) is 2.50. The zero-order valence-electron chi connectivity index (χ0n) is 7.38. The number of thiocarbonyl (C=S) groups is 1. The van der Waals surface area contributed by atoms with Crippen molar-refractivity contribution in [2.45, 2.75) is 6.04 Å². The minimum atomic E-state index is -0.441. The number of amides is 1. The van der Waals surface area contributed by atoms with Crippen LogP contribution in [0.2, 0.25) is 5.02 Å². The van der Waals surface area contributed by atoms with Crippen LogP contribution in [0.5, 0.6) is 0 Å². The van der Waals surface area contributed by atoms with Crippen molar-refractivity contribution in [1.29, 1.82) is 0 Å². The minimum absolute atomic E-state index is 0.150. The van der Waals surface area contributed by atoms with Crippen molar-refractivity contribution in [1.82, 2.24) is 10.6 Å². The normalized spacial score (nSPS) is 20.0. The van der Waals surface area contributed by atoms with Gasteiger partial charge >= 0.3 is 0 Å². The van der Waals surface area contributed by atoms with E-state index < -0.39 is 6.04 Å². The van der Waals surface area contributed by atoms with Gasteiger partial charge in [-0.1, -0.05) is 33.6 Å².